The van der Waals surface area contributed by atoms with E-state index in [1.807, 2.05) is 0 Å². The zero-order valence-corrected chi connectivity index (χ0v) is 23.0. The molecule has 0 bridgehead atoms. The number of aromatic nitrogens is 1. The molecule has 1 aliphatic rings. The molecule has 1 atom stereocenters. The number of non-ortho nitro benzene ring substituents is 1. The average Bonchev–Trinajstić information content (AvgIpc) is 3.52. The van der Waals surface area contributed by atoms with Crippen molar-refractivity contribution in [1.29, 1.82) is 0 Å². The molecule has 0 spiro atoms. The van der Waals surface area contributed by atoms with Crippen LogP contribution in [0.3, 0.4) is 0 Å². The zero-order chi connectivity index (χ0) is 29.3. The molecule has 208 valence electrons. The molecular weight excluding hydrogens is 550 g/mol. The third kappa shape index (κ3) is 5.50. The fraction of sp³-hybridized carbons (Fsp3) is 0.172. The number of rotatable bonds is 7. The number of nitro groups is 1. The first kappa shape index (κ1) is 27.5. The van der Waals surface area contributed by atoms with Gasteiger partial charge in [-0.15, -0.1) is 0 Å². The number of furan rings is 1. The maximum Gasteiger partial charge on any atom is 0.338 e. The van der Waals surface area contributed by atoms with Crippen LogP contribution in [0.5, 0.6) is 5.75 Å². The fourth-order valence-corrected chi connectivity index (χ4v) is 5.51. The van der Waals surface area contributed by atoms with E-state index in [0.717, 1.165) is 11.3 Å². The second-order valence-electron chi connectivity index (χ2n) is 8.97. The van der Waals surface area contributed by atoms with E-state index in [9.17, 15) is 24.5 Å². The molecule has 1 unspecified atom stereocenters. The summed E-state index contributed by atoms with van der Waals surface area (Å²) in [6.07, 6.45) is 1.56. The molecule has 0 saturated heterocycles. The third-order valence-electron chi connectivity index (χ3n) is 6.22. The largest absolute Gasteiger partial charge is 0.463 e. The molecule has 0 amide bonds. The summed E-state index contributed by atoms with van der Waals surface area (Å²) in [6.45, 7) is 4.81. The van der Waals surface area contributed by atoms with Gasteiger partial charge in [0.25, 0.3) is 11.2 Å². The SMILES string of the molecule is CCOC(=O)C1=C(C)N=c2s/c(=C/c3ccc(-c4cccc([N+](=O)[O-])c4)o3)c(=O)n2C1c1ccc(OC(C)=O)cc1. The first-order chi connectivity index (χ1) is 19.7. The molecule has 5 rings (SSSR count). The first-order valence-electron chi connectivity index (χ1n) is 12.5. The Hall–Kier alpha value is -5.10. The highest BCUT2D eigenvalue weighted by Gasteiger charge is 2.33. The molecule has 3 heterocycles. The van der Waals surface area contributed by atoms with Gasteiger partial charge in [0.05, 0.1) is 33.4 Å². The summed E-state index contributed by atoms with van der Waals surface area (Å²) < 4.78 is 18.1. The monoisotopic (exact) mass is 573 g/mol. The quantitative estimate of drug-likeness (QED) is 0.140. The average molecular weight is 574 g/mol. The van der Waals surface area contributed by atoms with E-state index in [0.29, 0.717) is 43.4 Å². The Morgan fingerprint density at radius 1 is 1.17 bits per heavy atom. The van der Waals surface area contributed by atoms with E-state index in [1.54, 1.807) is 68.5 Å². The molecule has 2 aromatic heterocycles. The number of nitro benzene ring substituents is 1. The highest BCUT2D eigenvalue weighted by atomic mass is 32.1. The topological polar surface area (TPSA) is 143 Å². The standard InChI is InChI=1S/C29H23N3O8S/c1-4-38-28(35)25-16(2)30-29-31(26(25)18-8-10-21(11-9-18)39-17(3)33)27(34)24(41-29)15-22-12-13-23(40-22)19-6-5-7-20(14-19)32(36)37/h5-15,26H,4H2,1-3H3/b24-15+. The smallest absolute Gasteiger partial charge is 0.338 e. The van der Waals surface area contributed by atoms with Gasteiger partial charge in [0.15, 0.2) is 4.80 Å². The van der Waals surface area contributed by atoms with Crippen LogP contribution in [0.25, 0.3) is 17.4 Å². The van der Waals surface area contributed by atoms with Gasteiger partial charge in [-0.25, -0.2) is 9.79 Å². The van der Waals surface area contributed by atoms with Crippen LogP contribution in [0.15, 0.2) is 86.1 Å². The Balaban J connectivity index is 1.60. The molecule has 12 heteroatoms. The second-order valence-corrected chi connectivity index (χ2v) is 9.98. The van der Waals surface area contributed by atoms with Gasteiger partial charge < -0.3 is 13.9 Å². The molecule has 2 aromatic carbocycles. The number of hydrogen-bond donors (Lipinski definition) is 0. The van der Waals surface area contributed by atoms with Gasteiger partial charge in [-0.1, -0.05) is 35.6 Å². The van der Waals surface area contributed by atoms with Crippen LogP contribution < -0.4 is 19.6 Å². The van der Waals surface area contributed by atoms with Crippen molar-refractivity contribution in [1.82, 2.24) is 4.57 Å². The van der Waals surface area contributed by atoms with Crippen LogP contribution in [-0.2, 0) is 14.3 Å². The van der Waals surface area contributed by atoms with Crippen molar-refractivity contribution >= 4 is 35.0 Å². The molecule has 4 aromatic rings. The van der Waals surface area contributed by atoms with Crippen LogP contribution in [-0.4, -0.2) is 28.0 Å². The van der Waals surface area contributed by atoms with Gasteiger partial charge in [0.2, 0.25) is 0 Å². The van der Waals surface area contributed by atoms with Gasteiger partial charge in [0.1, 0.15) is 17.3 Å². The van der Waals surface area contributed by atoms with E-state index in [4.69, 9.17) is 13.9 Å². The maximum absolute atomic E-state index is 13.8. The van der Waals surface area contributed by atoms with E-state index in [1.165, 1.54) is 23.6 Å². The number of allylic oxidation sites excluding steroid dienone is 1. The lowest BCUT2D eigenvalue weighted by Gasteiger charge is -2.24. The highest BCUT2D eigenvalue weighted by molar-refractivity contribution is 7.07. The van der Waals surface area contributed by atoms with Gasteiger partial charge >= 0.3 is 11.9 Å². The van der Waals surface area contributed by atoms with Crippen molar-refractivity contribution < 1.29 is 28.4 Å². The second kappa shape index (κ2) is 11.2. The van der Waals surface area contributed by atoms with Crippen molar-refractivity contribution in [3.8, 4) is 17.1 Å². The predicted octanol–water partition coefficient (Wildman–Crippen LogP) is 3.89. The molecular formula is C29H23N3O8S. The Bertz CT molecular complexity index is 1900. The Labute approximate surface area is 236 Å². The number of hydrogen-bond acceptors (Lipinski definition) is 10. The summed E-state index contributed by atoms with van der Waals surface area (Å²) in [5.41, 5.74) is 1.28. The van der Waals surface area contributed by atoms with E-state index in [2.05, 4.69) is 4.99 Å². The number of carbonyl (C=O) groups excluding carboxylic acids is 2. The van der Waals surface area contributed by atoms with E-state index < -0.39 is 28.5 Å². The minimum absolute atomic E-state index is 0.0672. The first-order valence-corrected chi connectivity index (χ1v) is 13.3. The lowest BCUT2D eigenvalue weighted by atomic mass is 9.96. The number of benzene rings is 2. The molecule has 1 aliphatic heterocycles. The van der Waals surface area contributed by atoms with Gasteiger partial charge in [-0.3, -0.25) is 24.3 Å². The van der Waals surface area contributed by atoms with E-state index in [-0.39, 0.29) is 17.9 Å². The van der Waals surface area contributed by atoms with Crippen molar-refractivity contribution in [2.24, 2.45) is 4.99 Å². The van der Waals surface area contributed by atoms with Crippen molar-refractivity contribution in [3.05, 3.63) is 113 Å². The summed E-state index contributed by atoms with van der Waals surface area (Å²) in [6, 6.07) is 15.1. The van der Waals surface area contributed by atoms with Crippen LogP contribution in [0.1, 0.15) is 38.1 Å². The Kier molecular flexibility index (Phi) is 7.49. The van der Waals surface area contributed by atoms with Gasteiger partial charge in [-0.05, 0) is 43.7 Å². The molecule has 0 radical (unpaired) electrons. The predicted molar refractivity (Wildman–Crippen MR) is 149 cm³/mol. The summed E-state index contributed by atoms with van der Waals surface area (Å²) >= 11 is 1.13. The van der Waals surface area contributed by atoms with Gasteiger partial charge in [0, 0.05) is 30.7 Å². The number of ether oxygens (including phenoxy) is 2. The molecule has 0 fully saturated rings. The summed E-state index contributed by atoms with van der Waals surface area (Å²) in [5, 5.41) is 11.1. The Morgan fingerprint density at radius 2 is 1.93 bits per heavy atom. The molecule has 0 saturated carbocycles. The summed E-state index contributed by atoms with van der Waals surface area (Å²) in [7, 11) is 0. The summed E-state index contributed by atoms with van der Waals surface area (Å²) in [5.74, 6) is 0.0219. The lowest BCUT2D eigenvalue weighted by molar-refractivity contribution is -0.384. The molecule has 11 nitrogen and oxygen atoms in total. The van der Waals surface area contributed by atoms with Crippen molar-refractivity contribution in [2.45, 2.75) is 26.8 Å². The maximum atomic E-state index is 13.8. The minimum Gasteiger partial charge on any atom is -0.463 e. The number of carbonyl (C=O) groups is 2. The van der Waals surface area contributed by atoms with Crippen molar-refractivity contribution in [3.63, 3.8) is 0 Å². The lowest BCUT2D eigenvalue weighted by Crippen LogP contribution is -2.39. The van der Waals surface area contributed by atoms with Crippen LogP contribution >= 0.6 is 11.3 Å². The minimum atomic E-state index is -0.837. The normalized spacial score (nSPS) is 14.8. The number of esters is 2. The number of nitrogens with zero attached hydrogens (tertiary/aromatic N) is 3. The molecule has 0 N–H and O–H groups in total. The van der Waals surface area contributed by atoms with Crippen molar-refractivity contribution in [2.75, 3.05) is 6.61 Å². The number of thiazole rings is 1. The van der Waals surface area contributed by atoms with Crippen LogP contribution in [0.4, 0.5) is 5.69 Å². The third-order valence-corrected chi connectivity index (χ3v) is 7.20. The zero-order valence-electron chi connectivity index (χ0n) is 22.2. The highest BCUT2D eigenvalue weighted by Crippen LogP contribution is 2.32. The van der Waals surface area contributed by atoms with Crippen LogP contribution in [0.2, 0.25) is 0 Å². The van der Waals surface area contributed by atoms with E-state index >= 15 is 0 Å². The Morgan fingerprint density at radius 3 is 2.61 bits per heavy atom. The summed E-state index contributed by atoms with van der Waals surface area (Å²) in [4.78, 5) is 53.7. The number of fused-ring (bicyclic) bond motifs is 1. The fourth-order valence-electron chi connectivity index (χ4n) is 4.48. The van der Waals surface area contributed by atoms with Crippen LogP contribution in [0, 0.1) is 10.1 Å². The molecule has 41 heavy (non-hydrogen) atoms. The van der Waals surface area contributed by atoms with Gasteiger partial charge in [-0.2, -0.15) is 0 Å². The molecule has 0 aliphatic carbocycles.